The molecule has 5 heteroatoms. The highest BCUT2D eigenvalue weighted by molar-refractivity contribution is 14.1. The number of hydrogen-bond acceptors (Lipinski definition) is 3. The fraction of sp³-hybridized carbons (Fsp3) is 0.250. The molecule has 0 aliphatic heterocycles. The third-order valence-electron chi connectivity index (χ3n) is 3.66. The van der Waals surface area contributed by atoms with Crippen molar-refractivity contribution in [3.63, 3.8) is 0 Å². The van der Waals surface area contributed by atoms with E-state index in [1.807, 2.05) is 6.07 Å². The summed E-state index contributed by atoms with van der Waals surface area (Å²) in [5, 5.41) is 0. The second kappa shape index (κ2) is 7.09. The monoisotopic (exact) mass is 460 g/mol. The van der Waals surface area contributed by atoms with Gasteiger partial charge in [-0.05, 0) is 71.3 Å². The Kier molecular flexibility index (Phi) is 5.65. The first-order valence-corrected chi connectivity index (χ1v) is 8.42. The van der Waals surface area contributed by atoms with Gasteiger partial charge in [-0.3, -0.25) is 5.84 Å². The smallest absolute Gasteiger partial charge is 0.127 e. The van der Waals surface area contributed by atoms with E-state index in [9.17, 15) is 0 Å². The predicted octanol–water partition coefficient (Wildman–Crippen LogP) is 4.23. The van der Waals surface area contributed by atoms with Gasteiger partial charge in [-0.25, -0.2) is 5.43 Å². The molecular weight excluding hydrogens is 443 g/mol. The molecule has 1 unspecified atom stereocenters. The number of halogens is 2. The van der Waals surface area contributed by atoms with E-state index < -0.39 is 0 Å². The standard InChI is InChI=1S/C16H18BrIN2O/c1-9-4-6-12(16(21-3)10(9)2)15(20-19)13-8-11(18)5-7-14(13)17/h4-8,15,20H,19H2,1-3H3. The van der Waals surface area contributed by atoms with Gasteiger partial charge >= 0.3 is 0 Å². The molecule has 0 aliphatic rings. The van der Waals surface area contributed by atoms with E-state index in [2.05, 4.69) is 82.1 Å². The molecule has 0 saturated heterocycles. The molecule has 0 radical (unpaired) electrons. The summed E-state index contributed by atoms with van der Waals surface area (Å²) in [7, 11) is 1.70. The number of benzene rings is 2. The summed E-state index contributed by atoms with van der Waals surface area (Å²) in [5.74, 6) is 6.72. The second-order valence-corrected chi connectivity index (χ2v) is 7.00. The zero-order chi connectivity index (χ0) is 15.6. The third-order valence-corrected chi connectivity index (χ3v) is 5.05. The molecule has 0 spiro atoms. The van der Waals surface area contributed by atoms with Crippen molar-refractivity contribution in [3.8, 4) is 5.75 Å². The number of nitrogens with one attached hydrogen (secondary N) is 1. The lowest BCUT2D eigenvalue weighted by molar-refractivity contribution is 0.400. The maximum Gasteiger partial charge on any atom is 0.127 e. The maximum absolute atomic E-state index is 5.84. The number of aryl methyl sites for hydroxylation is 1. The first-order chi connectivity index (χ1) is 9.99. The second-order valence-electron chi connectivity index (χ2n) is 4.90. The Labute approximate surface area is 147 Å². The van der Waals surface area contributed by atoms with Crippen molar-refractivity contribution in [1.29, 1.82) is 0 Å². The predicted molar refractivity (Wildman–Crippen MR) is 98.5 cm³/mol. The first kappa shape index (κ1) is 16.7. The molecule has 0 bridgehead atoms. The van der Waals surface area contributed by atoms with Crippen LogP contribution in [0.4, 0.5) is 0 Å². The number of hydrogen-bond donors (Lipinski definition) is 2. The molecule has 0 saturated carbocycles. The van der Waals surface area contributed by atoms with E-state index in [1.54, 1.807) is 7.11 Å². The molecular formula is C16H18BrIN2O. The van der Waals surface area contributed by atoms with Crippen LogP contribution < -0.4 is 16.0 Å². The molecule has 3 N–H and O–H groups in total. The molecule has 0 aromatic heterocycles. The number of hydrazine groups is 1. The summed E-state index contributed by atoms with van der Waals surface area (Å²) in [5.41, 5.74) is 7.37. The highest BCUT2D eigenvalue weighted by Crippen LogP contribution is 2.36. The Balaban J connectivity index is 2.62. The van der Waals surface area contributed by atoms with Crippen molar-refractivity contribution in [2.75, 3.05) is 7.11 Å². The molecule has 0 fully saturated rings. The fourth-order valence-electron chi connectivity index (χ4n) is 2.39. The average molecular weight is 461 g/mol. The zero-order valence-electron chi connectivity index (χ0n) is 12.2. The third kappa shape index (κ3) is 3.41. The van der Waals surface area contributed by atoms with Crippen LogP contribution in [0.25, 0.3) is 0 Å². The molecule has 2 aromatic carbocycles. The van der Waals surface area contributed by atoms with Gasteiger partial charge in [0.05, 0.1) is 13.2 Å². The number of ether oxygens (including phenoxy) is 1. The lowest BCUT2D eigenvalue weighted by Gasteiger charge is -2.23. The highest BCUT2D eigenvalue weighted by Gasteiger charge is 2.21. The van der Waals surface area contributed by atoms with Gasteiger partial charge in [-0.1, -0.05) is 28.1 Å². The van der Waals surface area contributed by atoms with Gasteiger partial charge in [0.1, 0.15) is 5.75 Å². The molecule has 1 atom stereocenters. The van der Waals surface area contributed by atoms with Crippen molar-refractivity contribution in [2.24, 2.45) is 5.84 Å². The quantitative estimate of drug-likeness (QED) is 0.407. The van der Waals surface area contributed by atoms with Gasteiger partial charge in [-0.2, -0.15) is 0 Å². The van der Waals surface area contributed by atoms with Gasteiger partial charge in [0, 0.05) is 13.6 Å². The molecule has 2 aromatic rings. The van der Waals surface area contributed by atoms with E-state index >= 15 is 0 Å². The van der Waals surface area contributed by atoms with Gasteiger partial charge in [0.2, 0.25) is 0 Å². The van der Waals surface area contributed by atoms with Gasteiger partial charge in [0.15, 0.2) is 0 Å². The van der Waals surface area contributed by atoms with Crippen molar-refractivity contribution in [3.05, 3.63) is 60.6 Å². The van der Waals surface area contributed by atoms with E-state index in [1.165, 1.54) is 5.56 Å². The van der Waals surface area contributed by atoms with Crippen LogP contribution in [0.1, 0.15) is 28.3 Å². The fourth-order valence-corrected chi connectivity index (χ4v) is 3.38. The Morgan fingerprint density at radius 1 is 1.19 bits per heavy atom. The largest absolute Gasteiger partial charge is 0.496 e. The normalized spacial score (nSPS) is 12.3. The Bertz CT molecular complexity index is 661. The average Bonchev–Trinajstić information content (AvgIpc) is 2.47. The van der Waals surface area contributed by atoms with Crippen LogP contribution in [-0.4, -0.2) is 7.11 Å². The van der Waals surface area contributed by atoms with E-state index in [0.717, 1.165) is 30.5 Å². The Hall–Kier alpha value is -0.630. The van der Waals surface area contributed by atoms with Crippen LogP contribution in [0.3, 0.4) is 0 Å². The summed E-state index contributed by atoms with van der Waals surface area (Å²) in [6.45, 7) is 4.14. The van der Waals surface area contributed by atoms with Crippen molar-refractivity contribution in [1.82, 2.24) is 5.43 Å². The van der Waals surface area contributed by atoms with Crippen molar-refractivity contribution in [2.45, 2.75) is 19.9 Å². The topological polar surface area (TPSA) is 47.3 Å². The molecule has 21 heavy (non-hydrogen) atoms. The van der Waals surface area contributed by atoms with Crippen molar-refractivity contribution < 1.29 is 4.74 Å². The molecule has 2 rings (SSSR count). The summed E-state index contributed by atoms with van der Waals surface area (Å²) in [4.78, 5) is 0. The van der Waals surface area contributed by atoms with Crippen LogP contribution in [-0.2, 0) is 0 Å². The van der Waals surface area contributed by atoms with Crippen LogP contribution in [0.15, 0.2) is 34.8 Å². The maximum atomic E-state index is 5.84. The van der Waals surface area contributed by atoms with E-state index in [0.29, 0.717) is 0 Å². The number of nitrogens with two attached hydrogens (primary N) is 1. The molecule has 112 valence electrons. The summed E-state index contributed by atoms with van der Waals surface area (Å²) < 4.78 is 7.80. The molecule has 3 nitrogen and oxygen atoms in total. The van der Waals surface area contributed by atoms with Crippen LogP contribution in [0.2, 0.25) is 0 Å². The summed E-state index contributed by atoms with van der Waals surface area (Å²) >= 11 is 5.91. The Morgan fingerprint density at radius 2 is 1.90 bits per heavy atom. The first-order valence-electron chi connectivity index (χ1n) is 6.54. The number of rotatable bonds is 4. The van der Waals surface area contributed by atoms with Gasteiger partial charge in [0.25, 0.3) is 0 Å². The molecule has 0 heterocycles. The van der Waals surface area contributed by atoms with Gasteiger partial charge in [-0.15, -0.1) is 0 Å². The summed E-state index contributed by atoms with van der Waals surface area (Å²) in [6.07, 6.45) is 0. The molecule has 0 aliphatic carbocycles. The minimum absolute atomic E-state index is 0.136. The number of methoxy groups -OCH3 is 1. The van der Waals surface area contributed by atoms with Crippen LogP contribution in [0, 0.1) is 17.4 Å². The van der Waals surface area contributed by atoms with Gasteiger partial charge < -0.3 is 4.74 Å². The SMILES string of the molecule is COc1c(C(NN)c2cc(I)ccc2Br)ccc(C)c1C. The lowest BCUT2D eigenvalue weighted by Crippen LogP contribution is -2.29. The van der Waals surface area contributed by atoms with Crippen molar-refractivity contribution >= 4 is 38.5 Å². The zero-order valence-corrected chi connectivity index (χ0v) is 15.9. The Morgan fingerprint density at radius 3 is 2.52 bits per heavy atom. The summed E-state index contributed by atoms with van der Waals surface area (Å²) in [6, 6.07) is 10.2. The van der Waals surface area contributed by atoms with E-state index in [-0.39, 0.29) is 6.04 Å². The minimum Gasteiger partial charge on any atom is -0.496 e. The lowest BCUT2D eigenvalue weighted by atomic mass is 9.94. The highest BCUT2D eigenvalue weighted by atomic mass is 127. The van der Waals surface area contributed by atoms with E-state index in [4.69, 9.17) is 10.6 Å². The minimum atomic E-state index is -0.136. The molecule has 0 amide bonds. The van der Waals surface area contributed by atoms with Crippen LogP contribution >= 0.6 is 38.5 Å². The van der Waals surface area contributed by atoms with Crippen LogP contribution in [0.5, 0.6) is 5.75 Å².